The highest BCUT2D eigenvalue weighted by molar-refractivity contribution is 5.85. The molecular formula is C7H12ClF2NO. The molecule has 0 aromatic heterocycles. The maximum atomic E-state index is 12.6. The van der Waals surface area contributed by atoms with Gasteiger partial charge in [-0.25, -0.2) is 8.78 Å². The highest BCUT2D eigenvalue weighted by atomic mass is 35.5. The number of aldehydes is 1. The van der Waals surface area contributed by atoms with Gasteiger partial charge in [0.1, 0.15) is 6.29 Å². The molecule has 0 amide bonds. The van der Waals surface area contributed by atoms with Crippen molar-refractivity contribution in [2.24, 2.45) is 0 Å². The van der Waals surface area contributed by atoms with Gasteiger partial charge in [-0.05, 0) is 13.0 Å². The van der Waals surface area contributed by atoms with Crippen LogP contribution in [0.5, 0.6) is 0 Å². The van der Waals surface area contributed by atoms with Crippen LogP contribution < -0.4 is 0 Å². The van der Waals surface area contributed by atoms with Gasteiger partial charge in [0.2, 0.25) is 0 Å². The Labute approximate surface area is 76.3 Å². The number of carbonyl (C=O) groups excluding carboxylic acids is 1. The summed E-state index contributed by atoms with van der Waals surface area (Å²) in [6, 6.07) is 0. The Hall–Kier alpha value is -0.220. The Morgan fingerprint density at radius 1 is 1.50 bits per heavy atom. The molecule has 0 aromatic rings. The third-order valence-electron chi connectivity index (χ3n) is 1.80. The predicted octanol–water partition coefficient (Wildman–Crippen LogP) is 1.34. The average Bonchev–Trinajstić information content (AvgIpc) is 1.85. The second-order valence-corrected chi connectivity index (χ2v) is 2.86. The van der Waals surface area contributed by atoms with Crippen LogP contribution in [0, 0.1) is 0 Å². The number of halogens is 3. The largest absolute Gasteiger partial charge is 0.302 e. The van der Waals surface area contributed by atoms with Gasteiger partial charge in [-0.15, -0.1) is 12.4 Å². The van der Waals surface area contributed by atoms with Gasteiger partial charge in [0.15, 0.2) is 0 Å². The molecule has 0 atom stereocenters. The maximum absolute atomic E-state index is 12.6. The van der Waals surface area contributed by atoms with Crippen molar-refractivity contribution in [1.82, 2.24) is 4.90 Å². The Morgan fingerprint density at radius 3 is 2.67 bits per heavy atom. The van der Waals surface area contributed by atoms with E-state index in [-0.39, 0.29) is 31.9 Å². The quantitative estimate of drug-likeness (QED) is 0.626. The van der Waals surface area contributed by atoms with Gasteiger partial charge >= 0.3 is 0 Å². The van der Waals surface area contributed by atoms with E-state index in [1.54, 1.807) is 0 Å². The lowest BCUT2D eigenvalue weighted by Crippen LogP contribution is -2.43. The molecule has 0 saturated carbocycles. The van der Waals surface area contributed by atoms with Gasteiger partial charge in [-0.2, -0.15) is 0 Å². The first-order valence-electron chi connectivity index (χ1n) is 3.68. The molecule has 0 unspecified atom stereocenters. The summed E-state index contributed by atoms with van der Waals surface area (Å²) in [5.74, 6) is -2.58. The van der Waals surface area contributed by atoms with E-state index in [1.807, 2.05) is 0 Å². The van der Waals surface area contributed by atoms with Gasteiger partial charge in [-0.1, -0.05) is 0 Å². The zero-order valence-electron chi connectivity index (χ0n) is 6.63. The summed E-state index contributed by atoms with van der Waals surface area (Å²) < 4.78 is 25.2. The molecule has 72 valence electrons. The van der Waals surface area contributed by atoms with Gasteiger partial charge in [-0.3, -0.25) is 4.90 Å². The van der Waals surface area contributed by atoms with Crippen molar-refractivity contribution in [1.29, 1.82) is 0 Å². The van der Waals surface area contributed by atoms with Gasteiger partial charge in [0.25, 0.3) is 5.92 Å². The topological polar surface area (TPSA) is 20.3 Å². The first-order valence-corrected chi connectivity index (χ1v) is 3.68. The number of hydrogen-bond acceptors (Lipinski definition) is 2. The fourth-order valence-electron chi connectivity index (χ4n) is 1.31. The minimum Gasteiger partial charge on any atom is -0.302 e. The predicted molar refractivity (Wildman–Crippen MR) is 43.9 cm³/mol. The van der Waals surface area contributed by atoms with Crippen molar-refractivity contribution in [2.75, 3.05) is 19.6 Å². The summed E-state index contributed by atoms with van der Waals surface area (Å²) in [6.07, 6.45) is 1.12. The molecule has 1 rings (SSSR count). The minimum absolute atomic E-state index is 0. The Kier molecular flexibility index (Phi) is 4.63. The minimum atomic E-state index is -2.58. The molecule has 0 radical (unpaired) electrons. The molecule has 1 aliphatic rings. The molecule has 0 bridgehead atoms. The van der Waals surface area contributed by atoms with Crippen molar-refractivity contribution >= 4 is 18.7 Å². The normalized spacial score (nSPS) is 22.8. The smallest absolute Gasteiger partial charge is 0.260 e. The SMILES string of the molecule is Cl.O=CCN1CCCC(F)(F)C1. The van der Waals surface area contributed by atoms with Crippen molar-refractivity contribution in [3.05, 3.63) is 0 Å². The standard InChI is InChI=1S/C7H11F2NO.ClH/c8-7(9)2-1-3-10(6-7)4-5-11;/h5H,1-4,6H2;1H. The summed E-state index contributed by atoms with van der Waals surface area (Å²) in [4.78, 5) is 11.5. The number of hydrogen-bond donors (Lipinski definition) is 0. The van der Waals surface area contributed by atoms with E-state index < -0.39 is 5.92 Å². The molecule has 1 aliphatic heterocycles. The Morgan fingerprint density at radius 2 is 2.17 bits per heavy atom. The highest BCUT2D eigenvalue weighted by Gasteiger charge is 2.34. The lowest BCUT2D eigenvalue weighted by molar-refractivity contribution is -0.112. The van der Waals surface area contributed by atoms with E-state index in [2.05, 4.69) is 0 Å². The van der Waals surface area contributed by atoms with Crippen molar-refractivity contribution in [3.63, 3.8) is 0 Å². The van der Waals surface area contributed by atoms with Crippen LogP contribution in [0.1, 0.15) is 12.8 Å². The van der Waals surface area contributed by atoms with Crippen molar-refractivity contribution in [3.8, 4) is 0 Å². The zero-order valence-corrected chi connectivity index (χ0v) is 7.45. The monoisotopic (exact) mass is 199 g/mol. The summed E-state index contributed by atoms with van der Waals surface area (Å²) in [6.45, 7) is 0.496. The second kappa shape index (κ2) is 4.72. The summed E-state index contributed by atoms with van der Waals surface area (Å²) >= 11 is 0. The molecule has 0 spiro atoms. The zero-order chi connectivity index (χ0) is 8.32. The van der Waals surface area contributed by atoms with Gasteiger partial charge in [0, 0.05) is 6.42 Å². The fourth-order valence-corrected chi connectivity index (χ4v) is 1.31. The van der Waals surface area contributed by atoms with Crippen LogP contribution in [0.3, 0.4) is 0 Å². The molecule has 0 aliphatic carbocycles. The van der Waals surface area contributed by atoms with Gasteiger partial charge in [0.05, 0.1) is 13.1 Å². The lowest BCUT2D eigenvalue weighted by atomic mass is 10.1. The molecule has 2 nitrogen and oxygen atoms in total. The third-order valence-corrected chi connectivity index (χ3v) is 1.80. The summed E-state index contributed by atoms with van der Waals surface area (Å²) in [7, 11) is 0. The van der Waals surface area contributed by atoms with E-state index >= 15 is 0 Å². The average molecular weight is 200 g/mol. The number of carbonyl (C=O) groups is 1. The fraction of sp³-hybridized carbons (Fsp3) is 0.857. The maximum Gasteiger partial charge on any atom is 0.260 e. The molecule has 12 heavy (non-hydrogen) atoms. The first-order chi connectivity index (χ1) is 5.14. The third kappa shape index (κ3) is 3.45. The van der Waals surface area contributed by atoms with Crippen LogP contribution in [0.4, 0.5) is 8.78 Å². The van der Waals surface area contributed by atoms with E-state index in [1.165, 1.54) is 4.90 Å². The van der Waals surface area contributed by atoms with Crippen LogP contribution in [0.15, 0.2) is 0 Å². The number of piperidine rings is 1. The number of likely N-dealkylation sites (tertiary alicyclic amines) is 1. The van der Waals surface area contributed by atoms with Crippen LogP contribution in [0.2, 0.25) is 0 Å². The van der Waals surface area contributed by atoms with E-state index in [0.29, 0.717) is 19.3 Å². The lowest BCUT2D eigenvalue weighted by Gasteiger charge is -2.30. The number of alkyl halides is 2. The highest BCUT2D eigenvalue weighted by Crippen LogP contribution is 2.25. The second-order valence-electron chi connectivity index (χ2n) is 2.86. The van der Waals surface area contributed by atoms with E-state index in [9.17, 15) is 13.6 Å². The molecule has 1 heterocycles. The molecule has 0 aromatic carbocycles. The van der Waals surface area contributed by atoms with Crippen LogP contribution in [-0.4, -0.2) is 36.7 Å². The van der Waals surface area contributed by atoms with Gasteiger partial charge < -0.3 is 4.79 Å². The van der Waals surface area contributed by atoms with E-state index in [4.69, 9.17) is 0 Å². The van der Waals surface area contributed by atoms with Crippen LogP contribution in [-0.2, 0) is 4.79 Å². The Bertz CT molecular complexity index is 154. The summed E-state index contributed by atoms with van der Waals surface area (Å²) in [5, 5.41) is 0. The number of rotatable bonds is 2. The molecule has 0 N–H and O–H groups in total. The van der Waals surface area contributed by atoms with Crippen molar-refractivity contribution in [2.45, 2.75) is 18.8 Å². The van der Waals surface area contributed by atoms with Crippen LogP contribution >= 0.6 is 12.4 Å². The molecular weight excluding hydrogens is 188 g/mol. The van der Waals surface area contributed by atoms with Crippen LogP contribution in [0.25, 0.3) is 0 Å². The molecule has 1 saturated heterocycles. The van der Waals surface area contributed by atoms with Crippen molar-refractivity contribution < 1.29 is 13.6 Å². The summed E-state index contributed by atoms with van der Waals surface area (Å²) in [5.41, 5.74) is 0. The first kappa shape index (κ1) is 11.8. The Balaban J connectivity index is 0.00000121. The molecule has 1 fully saturated rings. The van der Waals surface area contributed by atoms with E-state index in [0.717, 1.165) is 0 Å². The number of nitrogens with zero attached hydrogens (tertiary/aromatic N) is 1. The molecule has 5 heteroatoms.